The van der Waals surface area contributed by atoms with E-state index in [4.69, 9.17) is 4.98 Å². The molecule has 0 bridgehead atoms. The van der Waals surface area contributed by atoms with Crippen molar-refractivity contribution in [2.24, 2.45) is 0 Å². The molecule has 6 rings (SSSR count). The first-order chi connectivity index (χ1) is 21.9. The van der Waals surface area contributed by atoms with Crippen LogP contribution in [-0.2, 0) is 23.1 Å². The smallest absolute Gasteiger partial charge is 0.245 e. The molecule has 0 spiro atoms. The van der Waals surface area contributed by atoms with Gasteiger partial charge >= 0.3 is 0 Å². The number of phenols is 1. The predicted octanol–water partition coefficient (Wildman–Crippen LogP) is 7.13. The molecule has 3 aromatic carbocycles. The molecule has 1 amide bonds. The van der Waals surface area contributed by atoms with Gasteiger partial charge in [-0.3, -0.25) is 14.6 Å². The number of phenolic OH excluding ortho intramolecular Hbond substituents is 1. The van der Waals surface area contributed by atoms with E-state index < -0.39 is 5.54 Å². The van der Waals surface area contributed by atoms with Crippen LogP contribution in [0.5, 0.6) is 5.75 Å². The van der Waals surface area contributed by atoms with Crippen molar-refractivity contribution in [2.75, 3.05) is 11.9 Å². The number of benzene rings is 3. The van der Waals surface area contributed by atoms with Gasteiger partial charge in [0.25, 0.3) is 0 Å². The summed E-state index contributed by atoms with van der Waals surface area (Å²) in [7, 11) is 0. The Balaban J connectivity index is 1.31. The van der Waals surface area contributed by atoms with E-state index in [1.165, 1.54) is 6.42 Å². The number of nitrogens with one attached hydrogen (secondary N) is 3. The van der Waals surface area contributed by atoms with E-state index in [1.54, 1.807) is 30.3 Å². The lowest BCUT2D eigenvalue weighted by atomic mass is 9.71. The number of ketones is 1. The molecule has 1 aliphatic rings. The lowest BCUT2D eigenvalue weighted by Gasteiger charge is -2.39. The zero-order chi connectivity index (χ0) is 31.3. The van der Waals surface area contributed by atoms with Gasteiger partial charge < -0.3 is 20.7 Å². The number of fused-ring (bicyclic) bond motifs is 1. The number of para-hydroxylation sites is 2. The number of rotatable bonds is 11. The molecular weight excluding hydrogens is 560 g/mol. The van der Waals surface area contributed by atoms with E-state index in [0.29, 0.717) is 24.2 Å². The maximum Gasteiger partial charge on any atom is 0.245 e. The zero-order valence-corrected chi connectivity index (χ0v) is 25.7. The highest BCUT2D eigenvalue weighted by Crippen LogP contribution is 2.38. The number of hydrogen-bond donors (Lipinski definition) is 4. The summed E-state index contributed by atoms with van der Waals surface area (Å²) >= 11 is 0. The Kier molecular flexibility index (Phi) is 8.69. The maximum atomic E-state index is 14.4. The van der Waals surface area contributed by atoms with Crippen molar-refractivity contribution in [1.82, 2.24) is 15.3 Å². The number of anilines is 1. The van der Waals surface area contributed by atoms with Crippen LogP contribution in [0.25, 0.3) is 10.9 Å². The van der Waals surface area contributed by atoms with Crippen LogP contribution < -0.4 is 10.6 Å². The molecule has 2 heterocycles. The number of aromatic amines is 1. The zero-order valence-electron chi connectivity index (χ0n) is 25.7. The Bertz CT molecular complexity index is 1770. The maximum absolute atomic E-state index is 14.4. The molecule has 0 radical (unpaired) electrons. The molecular formula is C38H40N4O3. The van der Waals surface area contributed by atoms with Gasteiger partial charge in [0.05, 0.1) is 0 Å². The molecule has 0 unspecified atom stereocenters. The third-order valence-electron chi connectivity index (χ3n) is 9.27. The fraction of sp³-hybridized carbons (Fsp3) is 0.289. The highest BCUT2D eigenvalue weighted by Gasteiger charge is 2.39. The third-order valence-corrected chi connectivity index (χ3v) is 9.27. The number of aromatic nitrogens is 2. The number of nitrogens with zero attached hydrogens (tertiary/aromatic N) is 1. The van der Waals surface area contributed by atoms with E-state index in [1.807, 2.05) is 67.8 Å². The molecule has 1 atom stereocenters. The van der Waals surface area contributed by atoms with Crippen LogP contribution in [-0.4, -0.2) is 38.8 Å². The highest BCUT2D eigenvalue weighted by atomic mass is 16.3. The van der Waals surface area contributed by atoms with Crippen LogP contribution in [0.3, 0.4) is 0 Å². The van der Waals surface area contributed by atoms with Crippen molar-refractivity contribution in [3.05, 3.63) is 126 Å². The van der Waals surface area contributed by atoms with Gasteiger partial charge in [0.1, 0.15) is 11.3 Å². The summed E-state index contributed by atoms with van der Waals surface area (Å²) in [5.74, 6) is -0.0465. The number of carbonyl (C=O) groups is 2. The van der Waals surface area contributed by atoms with Crippen LogP contribution in [0.4, 0.5) is 5.69 Å². The van der Waals surface area contributed by atoms with Crippen LogP contribution in [0, 0.1) is 0 Å². The molecule has 5 aromatic rings. The van der Waals surface area contributed by atoms with E-state index in [-0.39, 0.29) is 29.3 Å². The quantitative estimate of drug-likeness (QED) is 0.121. The lowest BCUT2D eigenvalue weighted by molar-refractivity contribution is -0.125. The summed E-state index contributed by atoms with van der Waals surface area (Å²) in [6.45, 7) is 2.41. The van der Waals surface area contributed by atoms with Crippen LogP contribution in [0.1, 0.15) is 66.2 Å². The Labute approximate surface area is 264 Å². The summed E-state index contributed by atoms with van der Waals surface area (Å²) in [5, 5.41) is 17.6. The minimum atomic E-state index is -1.08. The van der Waals surface area contributed by atoms with Gasteiger partial charge in [-0.1, -0.05) is 67.8 Å². The second-order valence-corrected chi connectivity index (χ2v) is 12.5. The minimum absolute atomic E-state index is 0.0741. The van der Waals surface area contributed by atoms with E-state index in [9.17, 15) is 14.7 Å². The molecule has 7 nitrogen and oxygen atoms in total. The Hall–Kier alpha value is -4.91. The topological polar surface area (TPSA) is 107 Å². The summed E-state index contributed by atoms with van der Waals surface area (Å²) in [5.41, 5.74) is 3.68. The monoisotopic (exact) mass is 600 g/mol. The normalized spacial score (nSPS) is 15.7. The lowest BCUT2D eigenvalue weighted by Crippen LogP contribution is -2.55. The van der Waals surface area contributed by atoms with Gasteiger partial charge in [-0.15, -0.1) is 0 Å². The summed E-state index contributed by atoms with van der Waals surface area (Å²) in [6.07, 6.45) is 9.74. The summed E-state index contributed by atoms with van der Waals surface area (Å²) < 4.78 is 0. The molecule has 1 fully saturated rings. The molecule has 7 heteroatoms. The highest BCUT2D eigenvalue weighted by molar-refractivity contribution is 6.03. The molecule has 2 aromatic heterocycles. The van der Waals surface area contributed by atoms with Gasteiger partial charge in [-0.25, -0.2) is 0 Å². The number of pyridine rings is 1. The number of aromatic hydroxyl groups is 1. The van der Waals surface area contributed by atoms with Crippen LogP contribution >= 0.6 is 0 Å². The molecule has 1 saturated carbocycles. The molecule has 4 N–H and O–H groups in total. The first-order valence-electron chi connectivity index (χ1n) is 15.8. The van der Waals surface area contributed by atoms with Gasteiger partial charge in [0, 0.05) is 65.0 Å². The Morgan fingerprint density at radius 2 is 1.64 bits per heavy atom. The molecule has 45 heavy (non-hydrogen) atoms. The van der Waals surface area contributed by atoms with Gasteiger partial charge in [0.2, 0.25) is 5.91 Å². The van der Waals surface area contributed by atoms with Crippen LogP contribution in [0.2, 0.25) is 0 Å². The fourth-order valence-electron chi connectivity index (χ4n) is 6.74. The predicted molar refractivity (Wildman–Crippen MR) is 179 cm³/mol. The number of H-pyrrole nitrogens is 1. The largest absolute Gasteiger partial charge is 0.508 e. The van der Waals surface area contributed by atoms with E-state index in [2.05, 4.69) is 27.8 Å². The van der Waals surface area contributed by atoms with Gasteiger partial charge in [-0.2, -0.15) is 0 Å². The molecule has 1 aliphatic carbocycles. The standard InChI is InChI=1S/C38H40N4O3/c1-37(24-28-25-40-32-13-5-3-11-30(28)32,36(45)41-26-38(20-8-2-9-21-38)35-15-7-10-22-39-35)42-33-14-6-4-12-31(33)34(44)23-27-16-18-29(43)19-17-27/h3-7,10-19,22,25,40,42-43H,2,8-9,20-21,23-24,26H2,1H3,(H,41,45)/t37-/m0/s1. The second kappa shape index (κ2) is 13.0. The van der Waals surface area contributed by atoms with Crippen molar-refractivity contribution in [3.8, 4) is 5.75 Å². The van der Waals surface area contributed by atoms with Crippen molar-refractivity contribution < 1.29 is 14.7 Å². The van der Waals surface area contributed by atoms with Crippen molar-refractivity contribution in [3.63, 3.8) is 0 Å². The number of carbonyl (C=O) groups excluding carboxylic acids is 2. The molecule has 230 valence electrons. The van der Waals surface area contributed by atoms with Crippen molar-refractivity contribution in [2.45, 2.75) is 62.8 Å². The Morgan fingerprint density at radius 1 is 0.911 bits per heavy atom. The summed E-state index contributed by atoms with van der Waals surface area (Å²) in [6, 6.07) is 28.2. The van der Waals surface area contributed by atoms with Gasteiger partial charge in [0.15, 0.2) is 5.78 Å². The average molecular weight is 601 g/mol. The first-order valence-corrected chi connectivity index (χ1v) is 15.8. The van der Waals surface area contributed by atoms with Gasteiger partial charge in [-0.05, 0) is 73.4 Å². The van der Waals surface area contributed by atoms with Crippen molar-refractivity contribution >= 4 is 28.3 Å². The summed E-state index contributed by atoms with van der Waals surface area (Å²) in [4.78, 5) is 36.1. The van der Waals surface area contributed by atoms with Crippen molar-refractivity contribution in [1.29, 1.82) is 0 Å². The third kappa shape index (κ3) is 6.63. The second-order valence-electron chi connectivity index (χ2n) is 12.5. The molecule has 0 aliphatic heterocycles. The average Bonchev–Trinajstić information content (AvgIpc) is 3.48. The first kappa shape index (κ1) is 30.1. The number of Topliss-reactive ketones (excluding diaryl/α,β-unsaturated/α-hetero) is 1. The van der Waals surface area contributed by atoms with Crippen LogP contribution in [0.15, 0.2) is 103 Å². The van der Waals surface area contributed by atoms with E-state index in [0.717, 1.165) is 53.4 Å². The molecule has 0 saturated heterocycles. The number of amides is 1. The van der Waals surface area contributed by atoms with E-state index >= 15 is 0 Å². The fourth-order valence-corrected chi connectivity index (χ4v) is 6.74. The minimum Gasteiger partial charge on any atom is -0.508 e. The SMILES string of the molecule is C[C@@](Cc1c[nH]c2ccccc12)(Nc1ccccc1C(=O)Cc1ccc(O)cc1)C(=O)NCC1(c2ccccn2)CCCCC1. The number of hydrogen-bond acceptors (Lipinski definition) is 5. The Morgan fingerprint density at radius 3 is 2.42 bits per heavy atom.